The Labute approximate surface area is 149 Å². The van der Waals surface area contributed by atoms with Crippen LogP contribution in [-0.2, 0) is 11.3 Å². The van der Waals surface area contributed by atoms with Crippen molar-refractivity contribution in [2.75, 3.05) is 5.32 Å². The lowest BCUT2D eigenvalue weighted by molar-refractivity contribution is -0.116. The number of hydrogen-bond acceptors (Lipinski definition) is 5. The van der Waals surface area contributed by atoms with E-state index in [0.29, 0.717) is 11.6 Å². The SMILES string of the molecule is Cc1cc(C)n(-c2cc(NC(=O)Cn3cnc4ccccc43)ncn2)n1. The number of carbonyl (C=O) groups excluding carboxylic acids is 1. The first-order chi connectivity index (χ1) is 12.6. The molecule has 0 radical (unpaired) electrons. The van der Waals surface area contributed by atoms with Crippen molar-refractivity contribution in [2.24, 2.45) is 0 Å². The number of anilines is 1. The van der Waals surface area contributed by atoms with Gasteiger partial charge in [0.2, 0.25) is 5.91 Å². The summed E-state index contributed by atoms with van der Waals surface area (Å²) in [5.41, 5.74) is 3.63. The molecule has 1 N–H and O–H groups in total. The fraction of sp³-hybridized carbons (Fsp3) is 0.167. The summed E-state index contributed by atoms with van der Waals surface area (Å²) < 4.78 is 3.52. The molecule has 0 aliphatic rings. The van der Waals surface area contributed by atoms with E-state index in [4.69, 9.17) is 0 Å². The van der Waals surface area contributed by atoms with Crippen LogP contribution in [0.1, 0.15) is 11.4 Å². The Bertz CT molecular complexity index is 1100. The minimum atomic E-state index is -0.189. The third-order valence-electron chi connectivity index (χ3n) is 3.99. The predicted octanol–water partition coefficient (Wildman–Crippen LogP) is 2.27. The van der Waals surface area contributed by atoms with Crippen LogP contribution in [0.4, 0.5) is 5.82 Å². The molecule has 3 heterocycles. The highest BCUT2D eigenvalue weighted by molar-refractivity contribution is 5.90. The Morgan fingerprint density at radius 2 is 1.96 bits per heavy atom. The van der Waals surface area contributed by atoms with Crippen LogP contribution in [0.5, 0.6) is 0 Å². The van der Waals surface area contributed by atoms with Crippen LogP contribution in [0.15, 0.2) is 49.1 Å². The monoisotopic (exact) mass is 347 g/mol. The largest absolute Gasteiger partial charge is 0.321 e. The van der Waals surface area contributed by atoms with Crippen molar-refractivity contribution >= 4 is 22.8 Å². The number of aryl methyl sites for hydroxylation is 2. The zero-order valence-corrected chi connectivity index (χ0v) is 14.4. The lowest BCUT2D eigenvalue weighted by Gasteiger charge is -2.08. The third kappa shape index (κ3) is 3.04. The molecule has 3 aromatic heterocycles. The molecule has 26 heavy (non-hydrogen) atoms. The van der Waals surface area contributed by atoms with Gasteiger partial charge in [0.1, 0.15) is 18.7 Å². The number of nitrogens with zero attached hydrogens (tertiary/aromatic N) is 6. The van der Waals surface area contributed by atoms with Gasteiger partial charge in [-0.05, 0) is 32.0 Å². The summed E-state index contributed by atoms with van der Waals surface area (Å²) >= 11 is 0. The Kier molecular flexibility index (Phi) is 3.92. The molecule has 0 saturated carbocycles. The third-order valence-corrected chi connectivity index (χ3v) is 3.99. The van der Waals surface area contributed by atoms with E-state index in [1.807, 2.05) is 44.2 Å². The number of para-hydroxylation sites is 2. The maximum atomic E-state index is 12.4. The summed E-state index contributed by atoms with van der Waals surface area (Å²) in [6.45, 7) is 4.02. The predicted molar refractivity (Wildman–Crippen MR) is 97.0 cm³/mol. The van der Waals surface area contributed by atoms with Gasteiger partial charge in [0.15, 0.2) is 5.82 Å². The fourth-order valence-corrected chi connectivity index (χ4v) is 2.87. The van der Waals surface area contributed by atoms with Gasteiger partial charge in [-0.2, -0.15) is 5.10 Å². The highest BCUT2D eigenvalue weighted by Crippen LogP contribution is 2.14. The van der Waals surface area contributed by atoms with Crippen molar-refractivity contribution in [3.05, 3.63) is 60.4 Å². The van der Waals surface area contributed by atoms with Gasteiger partial charge in [-0.25, -0.2) is 19.6 Å². The molecule has 0 aliphatic heterocycles. The van der Waals surface area contributed by atoms with Crippen molar-refractivity contribution in [1.29, 1.82) is 0 Å². The Balaban J connectivity index is 1.53. The summed E-state index contributed by atoms with van der Waals surface area (Å²) in [7, 11) is 0. The zero-order valence-electron chi connectivity index (χ0n) is 14.4. The molecule has 0 spiro atoms. The Morgan fingerprint density at radius 3 is 2.77 bits per heavy atom. The van der Waals surface area contributed by atoms with Gasteiger partial charge in [0, 0.05) is 11.8 Å². The standard InChI is InChI=1S/C18H17N7O/c1-12-7-13(2)25(23-12)17-8-16(19-10-20-17)22-18(26)9-24-11-21-14-5-3-4-6-15(14)24/h3-8,10-11H,9H2,1-2H3,(H,19,20,22,26). The normalized spacial score (nSPS) is 11.0. The van der Waals surface area contributed by atoms with Crippen LogP contribution in [0.3, 0.4) is 0 Å². The number of fused-ring (bicyclic) bond motifs is 1. The first-order valence-corrected chi connectivity index (χ1v) is 8.15. The van der Waals surface area contributed by atoms with E-state index in [1.54, 1.807) is 21.6 Å². The molecule has 0 fully saturated rings. The van der Waals surface area contributed by atoms with Gasteiger partial charge in [0.25, 0.3) is 0 Å². The molecule has 130 valence electrons. The first kappa shape index (κ1) is 15.9. The molecule has 4 aromatic rings. The van der Waals surface area contributed by atoms with Crippen LogP contribution >= 0.6 is 0 Å². The number of nitrogens with one attached hydrogen (secondary N) is 1. The zero-order chi connectivity index (χ0) is 18.1. The molecule has 0 unspecified atom stereocenters. The average Bonchev–Trinajstić information content (AvgIpc) is 3.18. The van der Waals surface area contributed by atoms with Crippen LogP contribution < -0.4 is 5.32 Å². The number of aromatic nitrogens is 6. The molecular weight excluding hydrogens is 330 g/mol. The maximum absolute atomic E-state index is 12.4. The van der Waals surface area contributed by atoms with Crippen molar-refractivity contribution in [1.82, 2.24) is 29.3 Å². The van der Waals surface area contributed by atoms with E-state index in [0.717, 1.165) is 22.4 Å². The fourth-order valence-electron chi connectivity index (χ4n) is 2.87. The second-order valence-corrected chi connectivity index (χ2v) is 6.01. The molecule has 0 saturated heterocycles. The molecule has 8 heteroatoms. The molecule has 0 bridgehead atoms. The Morgan fingerprint density at radius 1 is 1.12 bits per heavy atom. The van der Waals surface area contributed by atoms with Gasteiger partial charge in [-0.1, -0.05) is 12.1 Å². The van der Waals surface area contributed by atoms with E-state index in [9.17, 15) is 4.79 Å². The second-order valence-electron chi connectivity index (χ2n) is 6.01. The number of rotatable bonds is 4. The van der Waals surface area contributed by atoms with Crippen LogP contribution in [0.2, 0.25) is 0 Å². The molecular formula is C18H17N7O. The van der Waals surface area contributed by atoms with E-state index < -0.39 is 0 Å². The van der Waals surface area contributed by atoms with E-state index >= 15 is 0 Å². The van der Waals surface area contributed by atoms with Crippen LogP contribution in [0, 0.1) is 13.8 Å². The van der Waals surface area contributed by atoms with Gasteiger partial charge >= 0.3 is 0 Å². The summed E-state index contributed by atoms with van der Waals surface area (Å²) in [4.78, 5) is 25.0. The van der Waals surface area contributed by atoms with Crippen molar-refractivity contribution in [2.45, 2.75) is 20.4 Å². The number of benzene rings is 1. The smallest absolute Gasteiger partial charge is 0.245 e. The average molecular weight is 347 g/mol. The van der Waals surface area contributed by atoms with Gasteiger partial charge < -0.3 is 9.88 Å². The van der Waals surface area contributed by atoms with Crippen molar-refractivity contribution in [3.8, 4) is 5.82 Å². The summed E-state index contributed by atoms with van der Waals surface area (Å²) in [6, 6.07) is 11.3. The van der Waals surface area contributed by atoms with Gasteiger partial charge in [-0.15, -0.1) is 0 Å². The first-order valence-electron chi connectivity index (χ1n) is 8.15. The number of imidazole rings is 1. The maximum Gasteiger partial charge on any atom is 0.245 e. The number of amides is 1. The van der Waals surface area contributed by atoms with E-state index in [-0.39, 0.29) is 12.5 Å². The molecule has 0 aliphatic carbocycles. The van der Waals surface area contributed by atoms with Crippen LogP contribution in [0.25, 0.3) is 16.9 Å². The minimum absolute atomic E-state index is 0.153. The molecule has 0 atom stereocenters. The Hall–Kier alpha value is -3.55. The topological polar surface area (TPSA) is 90.5 Å². The van der Waals surface area contributed by atoms with E-state index in [1.165, 1.54) is 6.33 Å². The summed E-state index contributed by atoms with van der Waals surface area (Å²) in [5, 5.41) is 7.20. The molecule has 8 nitrogen and oxygen atoms in total. The quantitative estimate of drug-likeness (QED) is 0.611. The number of hydrogen-bond donors (Lipinski definition) is 1. The highest BCUT2D eigenvalue weighted by Gasteiger charge is 2.10. The van der Waals surface area contributed by atoms with E-state index in [2.05, 4.69) is 25.4 Å². The lowest BCUT2D eigenvalue weighted by Crippen LogP contribution is -2.19. The minimum Gasteiger partial charge on any atom is -0.321 e. The van der Waals surface area contributed by atoms with Crippen molar-refractivity contribution < 1.29 is 4.79 Å². The second kappa shape index (κ2) is 6.40. The molecule has 4 rings (SSSR count). The molecule has 1 amide bonds. The van der Waals surface area contributed by atoms with Crippen molar-refractivity contribution in [3.63, 3.8) is 0 Å². The van der Waals surface area contributed by atoms with Gasteiger partial charge in [-0.3, -0.25) is 4.79 Å². The number of carbonyl (C=O) groups is 1. The lowest BCUT2D eigenvalue weighted by atomic mass is 10.3. The van der Waals surface area contributed by atoms with Gasteiger partial charge in [0.05, 0.1) is 23.1 Å². The molecule has 1 aromatic carbocycles. The summed E-state index contributed by atoms with van der Waals surface area (Å²) in [5.74, 6) is 0.845. The summed E-state index contributed by atoms with van der Waals surface area (Å²) in [6.07, 6.45) is 3.07. The highest BCUT2D eigenvalue weighted by atomic mass is 16.2. The van der Waals surface area contributed by atoms with Crippen LogP contribution in [-0.4, -0.2) is 35.2 Å².